The second-order valence-corrected chi connectivity index (χ2v) is 4.74. The standard InChI is InChI=1S/C19H18O4/c1-22-18-6-4-3-5-15(18)9-11-16(20)10-7-14-8-12-17(21)19(13-14)23-2/h3-13,21H,1-2H3. The number of carbonyl (C=O) groups is 1. The van der Waals surface area contributed by atoms with Crippen LogP contribution < -0.4 is 9.47 Å². The van der Waals surface area contributed by atoms with Gasteiger partial charge >= 0.3 is 0 Å². The van der Waals surface area contributed by atoms with Crippen molar-refractivity contribution in [1.29, 1.82) is 0 Å². The van der Waals surface area contributed by atoms with E-state index in [1.807, 2.05) is 24.3 Å². The summed E-state index contributed by atoms with van der Waals surface area (Å²) in [6.45, 7) is 0. The molecule has 0 spiro atoms. The molecule has 2 rings (SSSR count). The monoisotopic (exact) mass is 310 g/mol. The van der Waals surface area contributed by atoms with Gasteiger partial charge in [-0.05, 0) is 42.0 Å². The molecule has 4 heteroatoms. The molecule has 23 heavy (non-hydrogen) atoms. The van der Waals surface area contributed by atoms with E-state index >= 15 is 0 Å². The summed E-state index contributed by atoms with van der Waals surface area (Å²) in [4.78, 5) is 11.9. The number of para-hydroxylation sites is 1. The van der Waals surface area contributed by atoms with E-state index in [2.05, 4.69) is 0 Å². The number of hydrogen-bond acceptors (Lipinski definition) is 4. The van der Waals surface area contributed by atoms with Gasteiger partial charge < -0.3 is 14.6 Å². The Kier molecular flexibility index (Phi) is 5.58. The second-order valence-electron chi connectivity index (χ2n) is 4.74. The third kappa shape index (κ3) is 4.48. The van der Waals surface area contributed by atoms with Crippen LogP contribution in [0.2, 0.25) is 0 Å². The highest BCUT2D eigenvalue weighted by Crippen LogP contribution is 2.26. The molecule has 0 fully saturated rings. The molecule has 0 aliphatic rings. The third-order valence-electron chi connectivity index (χ3n) is 3.21. The van der Waals surface area contributed by atoms with Gasteiger partial charge in [-0.2, -0.15) is 0 Å². The van der Waals surface area contributed by atoms with E-state index in [0.29, 0.717) is 11.5 Å². The van der Waals surface area contributed by atoms with Crippen molar-refractivity contribution in [3.8, 4) is 17.2 Å². The number of phenolic OH excluding ortho intramolecular Hbond substituents is 1. The van der Waals surface area contributed by atoms with Crippen LogP contribution in [-0.2, 0) is 4.79 Å². The highest BCUT2D eigenvalue weighted by atomic mass is 16.5. The first kappa shape index (κ1) is 16.4. The van der Waals surface area contributed by atoms with Crippen LogP contribution in [-0.4, -0.2) is 25.1 Å². The Bertz CT molecular complexity index is 745. The molecule has 0 aliphatic carbocycles. The fraction of sp³-hybridized carbons (Fsp3) is 0.105. The van der Waals surface area contributed by atoms with E-state index in [4.69, 9.17) is 9.47 Å². The third-order valence-corrected chi connectivity index (χ3v) is 3.21. The number of carbonyl (C=O) groups excluding carboxylic acids is 1. The molecule has 1 N–H and O–H groups in total. The Morgan fingerprint density at radius 3 is 2.39 bits per heavy atom. The number of rotatable bonds is 6. The summed E-state index contributed by atoms with van der Waals surface area (Å²) in [5, 5.41) is 9.53. The zero-order valence-corrected chi connectivity index (χ0v) is 13.0. The van der Waals surface area contributed by atoms with Gasteiger partial charge in [0.15, 0.2) is 17.3 Å². The summed E-state index contributed by atoms with van der Waals surface area (Å²) in [5.74, 6) is 0.989. The summed E-state index contributed by atoms with van der Waals surface area (Å²) in [7, 11) is 3.07. The van der Waals surface area contributed by atoms with Gasteiger partial charge in [-0.25, -0.2) is 0 Å². The van der Waals surface area contributed by atoms with E-state index in [-0.39, 0.29) is 11.5 Å². The molecule has 0 heterocycles. The predicted molar refractivity (Wildman–Crippen MR) is 90.7 cm³/mol. The first-order valence-corrected chi connectivity index (χ1v) is 7.04. The Labute approximate surface area is 135 Å². The lowest BCUT2D eigenvalue weighted by Crippen LogP contribution is -1.88. The van der Waals surface area contributed by atoms with Gasteiger partial charge in [-0.3, -0.25) is 4.79 Å². The smallest absolute Gasteiger partial charge is 0.178 e. The molecule has 0 unspecified atom stereocenters. The largest absolute Gasteiger partial charge is 0.504 e. The first-order valence-electron chi connectivity index (χ1n) is 7.04. The number of hydrogen-bond donors (Lipinski definition) is 1. The number of ketones is 1. The van der Waals surface area contributed by atoms with Gasteiger partial charge in [0.25, 0.3) is 0 Å². The lowest BCUT2D eigenvalue weighted by atomic mass is 10.1. The summed E-state index contributed by atoms with van der Waals surface area (Å²) >= 11 is 0. The van der Waals surface area contributed by atoms with Crippen molar-refractivity contribution in [3.05, 3.63) is 65.7 Å². The number of aromatic hydroxyl groups is 1. The van der Waals surface area contributed by atoms with Crippen molar-refractivity contribution in [3.63, 3.8) is 0 Å². The van der Waals surface area contributed by atoms with Crippen LogP contribution in [0.15, 0.2) is 54.6 Å². The molecule has 0 radical (unpaired) electrons. The maximum Gasteiger partial charge on any atom is 0.178 e. The van der Waals surface area contributed by atoms with Gasteiger partial charge in [-0.1, -0.05) is 30.3 Å². The fourth-order valence-corrected chi connectivity index (χ4v) is 2.01. The molecular weight excluding hydrogens is 292 g/mol. The Balaban J connectivity index is 2.08. The predicted octanol–water partition coefficient (Wildman–Crippen LogP) is 3.71. The minimum atomic E-state index is -0.150. The van der Waals surface area contributed by atoms with Crippen molar-refractivity contribution in [2.24, 2.45) is 0 Å². The molecule has 0 aromatic heterocycles. The van der Waals surface area contributed by atoms with E-state index in [0.717, 1.165) is 11.1 Å². The average molecular weight is 310 g/mol. The van der Waals surface area contributed by atoms with E-state index in [9.17, 15) is 9.90 Å². The molecule has 2 aromatic rings. The van der Waals surface area contributed by atoms with Crippen LogP contribution in [0.1, 0.15) is 11.1 Å². The van der Waals surface area contributed by atoms with Gasteiger partial charge in [-0.15, -0.1) is 0 Å². The van der Waals surface area contributed by atoms with Crippen molar-refractivity contribution >= 4 is 17.9 Å². The Morgan fingerprint density at radius 2 is 1.65 bits per heavy atom. The fourth-order valence-electron chi connectivity index (χ4n) is 2.01. The van der Waals surface area contributed by atoms with E-state index in [1.165, 1.54) is 25.3 Å². The quantitative estimate of drug-likeness (QED) is 0.827. The first-order chi connectivity index (χ1) is 11.1. The molecule has 0 aliphatic heterocycles. The minimum absolute atomic E-state index is 0.0621. The molecule has 0 atom stereocenters. The Morgan fingerprint density at radius 1 is 0.957 bits per heavy atom. The van der Waals surface area contributed by atoms with Crippen LogP contribution in [0, 0.1) is 0 Å². The second kappa shape index (κ2) is 7.84. The van der Waals surface area contributed by atoms with Gasteiger partial charge in [0.1, 0.15) is 5.75 Å². The zero-order valence-electron chi connectivity index (χ0n) is 13.0. The van der Waals surface area contributed by atoms with Crippen molar-refractivity contribution in [2.75, 3.05) is 14.2 Å². The average Bonchev–Trinajstić information content (AvgIpc) is 2.59. The Hall–Kier alpha value is -3.01. The van der Waals surface area contributed by atoms with Crippen LogP contribution in [0.3, 0.4) is 0 Å². The van der Waals surface area contributed by atoms with Crippen LogP contribution >= 0.6 is 0 Å². The lowest BCUT2D eigenvalue weighted by molar-refractivity contribution is -0.110. The molecule has 0 saturated heterocycles. The van der Waals surface area contributed by atoms with Crippen molar-refractivity contribution in [1.82, 2.24) is 0 Å². The summed E-state index contributed by atoms with van der Waals surface area (Å²) < 4.78 is 10.3. The highest BCUT2D eigenvalue weighted by Gasteiger charge is 2.01. The maximum absolute atomic E-state index is 11.9. The van der Waals surface area contributed by atoms with Gasteiger partial charge in [0.05, 0.1) is 14.2 Å². The number of phenols is 1. The normalized spacial score (nSPS) is 11.0. The molecule has 118 valence electrons. The van der Waals surface area contributed by atoms with Gasteiger partial charge in [0, 0.05) is 5.56 Å². The van der Waals surface area contributed by atoms with E-state index < -0.39 is 0 Å². The zero-order chi connectivity index (χ0) is 16.7. The summed E-state index contributed by atoms with van der Waals surface area (Å²) in [6.07, 6.45) is 6.31. The van der Waals surface area contributed by atoms with Crippen molar-refractivity contribution < 1.29 is 19.4 Å². The molecule has 2 aromatic carbocycles. The summed E-state index contributed by atoms with van der Waals surface area (Å²) in [6, 6.07) is 12.3. The van der Waals surface area contributed by atoms with Crippen LogP contribution in [0.5, 0.6) is 17.2 Å². The van der Waals surface area contributed by atoms with E-state index in [1.54, 1.807) is 31.4 Å². The lowest BCUT2D eigenvalue weighted by Gasteiger charge is -2.03. The topological polar surface area (TPSA) is 55.8 Å². The van der Waals surface area contributed by atoms with Crippen molar-refractivity contribution in [2.45, 2.75) is 0 Å². The SMILES string of the molecule is COc1cc(C=CC(=O)C=Cc2ccccc2OC)ccc1O. The minimum Gasteiger partial charge on any atom is -0.504 e. The number of ether oxygens (including phenoxy) is 2. The molecule has 0 bridgehead atoms. The number of benzene rings is 2. The maximum atomic E-state index is 11.9. The van der Waals surface area contributed by atoms with Crippen LogP contribution in [0.25, 0.3) is 12.2 Å². The van der Waals surface area contributed by atoms with Gasteiger partial charge in [0.2, 0.25) is 0 Å². The molecular formula is C19H18O4. The highest BCUT2D eigenvalue weighted by molar-refractivity contribution is 6.04. The molecule has 0 amide bonds. The number of allylic oxidation sites excluding steroid dienone is 2. The molecule has 4 nitrogen and oxygen atoms in total. The summed E-state index contributed by atoms with van der Waals surface area (Å²) in [5.41, 5.74) is 1.60. The van der Waals surface area contributed by atoms with Crippen LogP contribution in [0.4, 0.5) is 0 Å². The molecule has 0 saturated carbocycles. The number of methoxy groups -OCH3 is 2.